The molecule has 0 aromatic heterocycles. The predicted molar refractivity (Wildman–Crippen MR) is 120 cm³/mol. The zero-order valence-corrected chi connectivity index (χ0v) is 18.9. The summed E-state index contributed by atoms with van der Waals surface area (Å²) in [6.07, 6.45) is 1.56. The maximum atomic E-state index is 12.7. The molecule has 0 bridgehead atoms. The van der Waals surface area contributed by atoms with E-state index in [-0.39, 0.29) is 23.8 Å². The highest BCUT2D eigenvalue weighted by atomic mass is 79.9. The lowest BCUT2D eigenvalue weighted by atomic mass is 10.1. The van der Waals surface area contributed by atoms with Crippen molar-refractivity contribution in [1.82, 2.24) is 4.90 Å². The van der Waals surface area contributed by atoms with Crippen molar-refractivity contribution >= 4 is 50.7 Å². The smallest absolute Gasteiger partial charge is 0.293 e. The fourth-order valence-corrected chi connectivity index (χ4v) is 3.87. The summed E-state index contributed by atoms with van der Waals surface area (Å²) in [6.45, 7) is 1.76. The first kappa shape index (κ1) is 22.6. The Labute approximate surface area is 191 Å². The van der Waals surface area contributed by atoms with Gasteiger partial charge >= 0.3 is 0 Å². The molecule has 1 aliphatic heterocycles. The predicted octanol–water partition coefficient (Wildman–Crippen LogP) is 4.67. The fraction of sp³-hybridized carbons (Fsp3) is 0.182. The normalized spacial score (nSPS) is 14.6. The van der Waals surface area contributed by atoms with E-state index in [0.717, 1.165) is 21.1 Å². The molecular weight excluding hydrogens is 484 g/mol. The van der Waals surface area contributed by atoms with Gasteiger partial charge in [0.1, 0.15) is 6.07 Å². The Morgan fingerprint density at radius 3 is 2.58 bits per heavy atom. The van der Waals surface area contributed by atoms with Crippen LogP contribution in [-0.2, 0) is 4.79 Å². The number of nitrogens with zero attached hydrogens (tertiary/aromatic N) is 2. The van der Waals surface area contributed by atoms with Crippen LogP contribution in [-0.4, -0.2) is 41.6 Å². The van der Waals surface area contributed by atoms with E-state index in [1.54, 1.807) is 48.5 Å². The molecule has 3 rings (SSSR count). The van der Waals surface area contributed by atoms with Crippen LogP contribution in [0.15, 0.2) is 51.8 Å². The van der Waals surface area contributed by atoms with Gasteiger partial charge in [-0.05, 0) is 54.6 Å². The maximum absolute atomic E-state index is 12.7. The topological polar surface area (TPSA) is 96.7 Å². The van der Waals surface area contributed by atoms with Crippen molar-refractivity contribution in [3.05, 3.63) is 63.0 Å². The number of carbonyl (C=O) groups excluding carboxylic acids is 3. The first-order valence-corrected chi connectivity index (χ1v) is 10.8. The van der Waals surface area contributed by atoms with Crippen molar-refractivity contribution in [2.24, 2.45) is 0 Å². The number of Topliss-reactive ketones (excluding diaryl/α,β-unsaturated/α-hetero) is 1. The number of ether oxygens (including phenoxy) is 2. The minimum absolute atomic E-state index is 0.120. The van der Waals surface area contributed by atoms with Gasteiger partial charge in [-0.1, -0.05) is 34.1 Å². The summed E-state index contributed by atoms with van der Waals surface area (Å²) in [5, 5.41) is 8.19. The lowest BCUT2D eigenvalue weighted by molar-refractivity contribution is -0.122. The third-order valence-electron chi connectivity index (χ3n) is 4.20. The molecule has 2 aromatic rings. The summed E-state index contributed by atoms with van der Waals surface area (Å²) in [4.78, 5) is 38.7. The van der Waals surface area contributed by atoms with E-state index in [1.165, 1.54) is 0 Å². The van der Waals surface area contributed by atoms with E-state index >= 15 is 0 Å². The van der Waals surface area contributed by atoms with Gasteiger partial charge < -0.3 is 9.47 Å². The number of amides is 2. The van der Waals surface area contributed by atoms with Crippen LogP contribution in [0.3, 0.4) is 0 Å². The molecule has 1 heterocycles. The summed E-state index contributed by atoms with van der Waals surface area (Å²) in [5.74, 6) is -0.0122. The second-order valence-corrected chi connectivity index (χ2v) is 8.19. The SMILES string of the molecule is CCOc1cc(/C=C2\SC(=O)N(CC(=O)c3ccc(Br)cc3)C2=O)ccc1OCC#N. The summed E-state index contributed by atoms with van der Waals surface area (Å²) < 4.78 is 11.7. The molecule has 0 atom stereocenters. The molecule has 1 aliphatic rings. The summed E-state index contributed by atoms with van der Waals surface area (Å²) >= 11 is 4.08. The van der Waals surface area contributed by atoms with Crippen molar-refractivity contribution in [3.8, 4) is 17.6 Å². The first-order chi connectivity index (χ1) is 14.9. The van der Waals surface area contributed by atoms with Gasteiger partial charge in [0.2, 0.25) is 0 Å². The second-order valence-electron chi connectivity index (χ2n) is 6.28. The highest BCUT2D eigenvalue weighted by molar-refractivity contribution is 9.10. The monoisotopic (exact) mass is 500 g/mol. The van der Waals surface area contributed by atoms with Gasteiger partial charge in [-0.3, -0.25) is 19.3 Å². The van der Waals surface area contributed by atoms with Gasteiger partial charge in [0, 0.05) is 10.0 Å². The lowest BCUT2D eigenvalue weighted by Gasteiger charge is -2.12. The molecule has 31 heavy (non-hydrogen) atoms. The number of carbonyl (C=O) groups is 3. The summed E-state index contributed by atoms with van der Waals surface area (Å²) in [5.41, 5.74) is 1.04. The van der Waals surface area contributed by atoms with Crippen LogP contribution in [0.4, 0.5) is 4.79 Å². The third-order valence-corrected chi connectivity index (χ3v) is 5.64. The number of ketones is 1. The minimum Gasteiger partial charge on any atom is -0.490 e. The van der Waals surface area contributed by atoms with Crippen LogP contribution in [0.1, 0.15) is 22.8 Å². The number of benzene rings is 2. The van der Waals surface area contributed by atoms with Crippen molar-refractivity contribution in [2.45, 2.75) is 6.92 Å². The van der Waals surface area contributed by atoms with E-state index in [4.69, 9.17) is 14.7 Å². The lowest BCUT2D eigenvalue weighted by Crippen LogP contribution is -2.33. The molecule has 0 spiro atoms. The van der Waals surface area contributed by atoms with Gasteiger partial charge in [0.25, 0.3) is 11.1 Å². The largest absolute Gasteiger partial charge is 0.490 e. The van der Waals surface area contributed by atoms with E-state index in [1.807, 2.05) is 13.0 Å². The number of hydrogen-bond donors (Lipinski definition) is 0. The Hall–Kier alpha value is -3.09. The molecule has 0 N–H and O–H groups in total. The Kier molecular flexibility index (Phi) is 7.50. The number of nitriles is 1. The van der Waals surface area contributed by atoms with Crippen LogP contribution in [0.2, 0.25) is 0 Å². The zero-order valence-electron chi connectivity index (χ0n) is 16.5. The molecule has 9 heteroatoms. The molecule has 158 valence electrons. The van der Waals surface area contributed by atoms with Crippen LogP contribution in [0.5, 0.6) is 11.5 Å². The Bertz CT molecular complexity index is 1090. The van der Waals surface area contributed by atoms with Crippen molar-refractivity contribution in [2.75, 3.05) is 19.8 Å². The van der Waals surface area contributed by atoms with Gasteiger partial charge in [0.15, 0.2) is 23.9 Å². The van der Waals surface area contributed by atoms with Crippen molar-refractivity contribution in [3.63, 3.8) is 0 Å². The summed E-state index contributed by atoms with van der Waals surface area (Å²) in [6, 6.07) is 13.6. The Morgan fingerprint density at radius 2 is 1.90 bits per heavy atom. The molecule has 2 amide bonds. The highest BCUT2D eigenvalue weighted by Gasteiger charge is 2.36. The van der Waals surface area contributed by atoms with Crippen molar-refractivity contribution < 1.29 is 23.9 Å². The van der Waals surface area contributed by atoms with Gasteiger partial charge in [-0.15, -0.1) is 0 Å². The van der Waals surface area contributed by atoms with Gasteiger partial charge in [0.05, 0.1) is 18.1 Å². The molecule has 7 nitrogen and oxygen atoms in total. The van der Waals surface area contributed by atoms with Crippen LogP contribution in [0.25, 0.3) is 6.08 Å². The van der Waals surface area contributed by atoms with Gasteiger partial charge in [-0.25, -0.2) is 0 Å². The zero-order chi connectivity index (χ0) is 22.4. The van der Waals surface area contributed by atoms with E-state index in [0.29, 0.717) is 29.2 Å². The molecule has 1 saturated heterocycles. The minimum atomic E-state index is -0.525. The average Bonchev–Trinajstić information content (AvgIpc) is 3.01. The maximum Gasteiger partial charge on any atom is 0.293 e. The highest BCUT2D eigenvalue weighted by Crippen LogP contribution is 2.34. The molecule has 0 unspecified atom stereocenters. The summed E-state index contributed by atoms with van der Waals surface area (Å²) in [7, 11) is 0. The van der Waals surface area contributed by atoms with Crippen LogP contribution < -0.4 is 9.47 Å². The Balaban J connectivity index is 1.78. The first-order valence-electron chi connectivity index (χ1n) is 9.23. The average molecular weight is 501 g/mol. The van der Waals surface area contributed by atoms with Crippen molar-refractivity contribution in [1.29, 1.82) is 5.26 Å². The third kappa shape index (κ3) is 5.54. The number of imide groups is 1. The van der Waals surface area contributed by atoms with E-state index in [2.05, 4.69) is 15.9 Å². The molecule has 0 saturated carbocycles. The number of rotatable bonds is 8. The molecular formula is C22H17BrN2O5S. The molecule has 2 aromatic carbocycles. The molecule has 1 fully saturated rings. The number of halogens is 1. The second kappa shape index (κ2) is 10.3. The molecule has 0 aliphatic carbocycles. The molecule has 0 radical (unpaired) electrons. The van der Waals surface area contributed by atoms with Crippen LogP contribution >= 0.6 is 27.7 Å². The van der Waals surface area contributed by atoms with Gasteiger partial charge in [-0.2, -0.15) is 5.26 Å². The van der Waals surface area contributed by atoms with E-state index < -0.39 is 11.1 Å². The van der Waals surface area contributed by atoms with E-state index in [9.17, 15) is 14.4 Å². The standard InChI is InChI=1S/C22H17BrN2O5S/c1-2-29-19-11-14(3-8-18(19)30-10-9-24)12-20-21(27)25(22(28)31-20)13-17(26)15-4-6-16(23)7-5-15/h3-8,11-12H,2,10,13H2,1H3/b20-12-. The number of thioether (sulfide) groups is 1. The Morgan fingerprint density at radius 1 is 1.16 bits per heavy atom. The van der Waals surface area contributed by atoms with Crippen LogP contribution in [0, 0.1) is 11.3 Å². The number of hydrogen-bond acceptors (Lipinski definition) is 7. The fourth-order valence-electron chi connectivity index (χ4n) is 2.77. The quantitative estimate of drug-likeness (QED) is 0.383.